The summed E-state index contributed by atoms with van der Waals surface area (Å²) in [6, 6.07) is 2.91. The zero-order valence-electron chi connectivity index (χ0n) is 11.4. The lowest BCUT2D eigenvalue weighted by Crippen LogP contribution is -2.14. The van der Waals surface area contributed by atoms with Crippen LogP contribution in [0.4, 0.5) is 0 Å². The van der Waals surface area contributed by atoms with Crippen LogP contribution in [-0.2, 0) is 7.05 Å². The zero-order chi connectivity index (χ0) is 15.7. The highest BCUT2D eigenvalue weighted by Crippen LogP contribution is 2.27. The maximum Gasteiger partial charge on any atom is 0.356 e. The van der Waals surface area contributed by atoms with Gasteiger partial charge in [0.1, 0.15) is 12.0 Å². The van der Waals surface area contributed by atoms with E-state index in [1.807, 2.05) is 0 Å². The highest BCUT2D eigenvalue weighted by molar-refractivity contribution is 5.87. The molecule has 0 aliphatic heterocycles. The first kappa shape index (κ1) is 13.7. The van der Waals surface area contributed by atoms with Crippen LogP contribution in [0.5, 0.6) is 0 Å². The quantitative estimate of drug-likeness (QED) is 0.773. The number of hydrogen-bond acceptors (Lipinski definition) is 6. The second kappa shape index (κ2) is 5.24. The van der Waals surface area contributed by atoms with Gasteiger partial charge < -0.3 is 14.1 Å². The Hall–Kier alpha value is -3.29. The second-order valence-electron chi connectivity index (χ2n) is 4.46. The van der Waals surface area contributed by atoms with Crippen LogP contribution in [0.15, 0.2) is 46.2 Å². The first-order valence-electron chi connectivity index (χ1n) is 6.23. The van der Waals surface area contributed by atoms with Gasteiger partial charge in [-0.05, 0) is 6.07 Å². The summed E-state index contributed by atoms with van der Waals surface area (Å²) in [5.41, 5.74) is 0.709. The molecule has 0 aromatic carbocycles. The third-order valence-corrected chi connectivity index (χ3v) is 2.99. The molecule has 0 unspecified atom stereocenters. The van der Waals surface area contributed by atoms with Gasteiger partial charge in [-0.2, -0.15) is 0 Å². The number of aromatic carboxylic acids is 1. The lowest BCUT2D eigenvalue weighted by atomic mass is 10.1. The third kappa shape index (κ3) is 2.37. The summed E-state index contributed by atoms with van der Waals surface area (Å²) in [4.78, 5) is 34.8. The molecule has 0 atom stereocenters. The van der Waals surface area contributed by atoms with Crippen LogP contribution in [0.3, 0.4) is 0 Å². The number of aryl methyl sites for hydroxylation is 1. The summed E-state index contributed by atoms with van der Waals surface area (Å²) >= 11 is 0. The minimum atomic E-state index is -1.20. The lowest BCUT2D eigenvalue weighted by molar-refractivity contribution is 0.0690. The van der Waals surface area contributed by atoms with Crippen molar-refractivity contribution in [2.24, 2.45) is 7.05 Å². The molecule has 0 spiro atoms. The summed E-state index contributed by atoms with van der Waals surface area (Å²) in [5.74, 6) is -0.981. The van der Waals surface area contributed by atoms with Crippen LogP contribution in [0.2, 0.25) is 0 Å². The molecule has 0 saturated carbocycles. The van der Waals surface area contributed by atoms with Gasteiger partial charge >= 0.3 is 5.97 Å². The van der Waals surface area contributed by atoms with E-state index in [1.165, 1.54) is 23.1 Å². The molecule has 3 aromatic heterocycles. The van der Waals surface area contributed by atoms with E-state index in [2.05, 4.69) is 15.0 Å². The van der Waals surface area contributed by atoms with Gasteiger partial charge in [-0.25, -0.2) is 19.7 Å². The van der Waals surface area contributed by atoms with Crippen molar-refractivity contribution in [3.63, 3.8) is 0 Å². The molecule has 0 bridgehead atoms. The minimum absolute atomic E-state index is 0.191. The van der Waals surface area contributed by atoms with E-state index in [0.29, 0.717) is 11.3 Å². The van der Waals surface area contributed by atoms with E-state index in [-0.39, 0.29) is 22.8 Å². The number of nitrogens with zero attached hydrogens (tertiary/aromatic N) is 4. The molecule has 0 saturated heterocycles. The summed E-state index contributed by atoms with van der Waals surface area (Å²) in [6.45, 7) is 0. The summed E-state index contributed by atoms with van der Waals surface area (Å²) in [6.07, 6.45) is 5.51. The Labute approximate surface area is 123 Å². The second-order valence-corrected chi connectivity index (χ2v) is 4.46. The van der Waals surface area contributed by atoms with Gasteiger partial charge in [0.15, 0.2) is 11.4 Å². The molecular weight excluding hydrogens is 288 g/mol. The summed E-state index contributed by atoms with van der Waals surface area (Å²) < 4.78 is 6.57. The summed E-state index contributed by atoms with van der Waals surface area (Å²) in [7, 11) is 1.59. The molecule has 0 radical (unpaired) electrons. The van der Waals surface area contributed by atoms with Crippen LogP contribution in [-0.4, -0.2) is 30.6 Å². The van der Waals surface area contributed by atoms with Crippen molar-refractivity contribution in [2.45, 2.75) is 0 Å². The van der Waals surface area contributed by atoms with Crippen molar-refractivity contribution < 1.29 is 14.3 Å². The Morgan fingerprint density at radius 3 is 2.73 bits per heavy atom. The van der Waals surface area contributed by atoms with Gasteiger partial charge in [-0.1, -0.05) is 0 Å². The SMILES string of the molecule is Cn1cc(-c2nc(C(=O)O)cnc2-c2ncco2)ccc1=O. The first-order valence-corrected chi connectivity index (χ1v) is 6.23. The molecule has 3 rings (SSSR count). The fraction of sp³-hybridized carbons (Fsp3) is 0.0714. The van der Waals surface area contributed by atoms with E-state index < -0.39 is 5.97 Å². The largest absolute Gasteiger partial charge is 0.476 e. The van der Waals surface area contributed by atoms with Crippen molar-refractivity contribution in [1.82, 2.24) is 19.5 Å². The normalized spacial score (nSPS) is 10.6. The predicted octanol–water partition coefficient (Wildman–Crippen LogP) is 1.20. The number of carboxylic acid groups (broad SMARTS) is 1. The Morgan fingerprint density at radius 1 is 1.27 bits per heavy atom. The Bertz CT molecular complexity index is 899. The monoisotopic (exact) mass is 298 g/mol. The number of carbonyl (C=O) groups is 1. The van der Waals surface area contributed by atoms with Gasteiger partial charge in [0, 0.05) is 24.9 Å². The maximum atomic E-state index is 11.5. The molecule has 3 aromatic rings. The molecule has 3 heterocycles. The molecule has 0 aliphatic rings. The topological polar surface area (TPSA) is 111 Å². The molecule has 1 N–H and O–H groups in total. The lowest BCUT2D eigenvalue weighted by Gasteiger charge is -2.07. The van der Waals surface area contributed by atoms with Gasteiger partial charge in [-0.15, -0.1) is 0 Å². The summed E-state index contributed by atoms with van der Waals surface area (Å²) in [5, 5.41) is 9.08. The fourth-order valence-electron chi connectivity index (χ4n) is 1.92. The Kier molecular flexibility index (Phi) is 3.26. The highest BCUT2D eigenvalue weighted by Gasteiger charge is 2.18. The molecule has 0 amide bonds. The molecule has 0 aliphatic carbocycles. The average Bonchev–Trinajstić information content (AvgIpc) is 3.03. The molecule has 8 nitrogen and oxygen atoms in total. The van der Waals surface area contributed by atoms with Crippen LogP contribution < -0.4 is 5.56 Å². The fourth-order valence-corrected chi connectivity index (χ4v) is 1.92. The van der Waals surface area contributed by atoms with E-state index in [4.69, 9.17) is 9.52 Å². The predicted molar refractivity (Wildman–Crippen MR) is 75.2 cm³/mol. The number of pyridine rings is 1. The van der Waals surface area contributed by atoms with Gasteiger partial charge in [0.05, 0.1) is 12.4 Å². The van der Waals surface area contributed by atoms with Crippen LogP contribution >= 0.6 is 0 Å². The molecule has 8 heteroatoms. The van der Waals surface area contributed by atoms with Crippen LogP contribution in [0.1, 0.15) is 10.5 Å². The minimum Gasteiger partial charge on any atom is -0.476 e. The van der Waals surface area contributed by atoms with E-state index in [0.717, 1.165) is 6.20 Å². The number of aromatic nitrogens is 4. The number of oxazole rings is 1. The Morgan fingerprint density at radius 2 is 2.09 bits per heavy atom. The third-order valence-electron chi connectivity index (χ3n) is 2.99. The van der Waals surface area contributed by atoms with E-state index in [1.54, 1.807) is 19.3 Å². The van der Waals surface area contributed by atoms with E-state index in [9.17, 15) is 9.59 Å². The maximum absolute atomic E-state index is 11.5. The van der Waals surface area contributed by atoms with Crippen LogP contribution in [0.25, 0.3) is 22.8 Å². The molecule has 110 valence electrons. The van der Waals surface area contributed by atoms with Crippen molar-refractivity contribution in [3.05, 3.63) is 53.0 Å². The van der Waals surface area contributed by atoms with Gasteiger partial charge in [0.25, 0.3) is 0 Å². The van der Waals surface area contributed by atoms with Crippen molar-refractivity contribution in [1.29, 1.82) is 0 Å². The van der Waals surface area contributed by atoms with Crippen molar-refractivity contribution in [2.75, 3.05) is 0 Å². The standard InChI is InChI=1S/C14H10N4O4/c1-18-7-8(2-3-10(18)19)11-12(13-15-4-5-22-13)16-6-9(17-11)14(20)21/h2-7H,1H3,(H,20,21). The van der Waals surface area contributed by atoms with Crippen molar-refractivity contribution in [3.8, 4) is 22.8 Å². The zero-order valence-corrected chi connectivity index (χ0v) is 11.4. The highest BCUT2D eigenvalue weighted by atomic mass is 16.4. The average molecular weight is 298 g/mol. The Balaban J connectivity index is 2.26. The van der Waals surface area contributed by atoms with Gasteiger partial charge in [-0.3, -0.25) is 4.79 Å². The first-order chi connectivity index (χ1) is 10.6. The van der Waals surface area contributed by atoms with Crippen LogP contribution in [0, 0.1) is 0 Å². The number of carboxylic acids is 1. The molecule has 0 fully saturated rings. The van der Waals surface area contributed by atoms with Gasteiger partial charge in [0.2, 0.25) is 11.4 Å². The number of rotatable bonds is 3. The number of hydrogen-bond donors (Lipinski definition) is 1. The van der Waals surface area contributed by atoms with E-state index >= 15 is 0 Å². The van der Waals surface area contributed by atoms with Crippen molar-refractivity contribution >= 4 is 5.97 Å². The molecule has 22 heavy (non-hydrogen) atoms. The smallest absolute Gasteiger partial charge is 0.356 e. The molecular formula is C14H10N4O4.